The predicted octanol–water partition coefficient (Wildman–Crippen LogP) is 2.19. The first kappa shape index (κ1) is 15.4. The summed E-state index contributed by atoms with van der Waals surface area (Å²) in [5, 5.41) is 4.07. The smallest absolute Gasteiger partial charge is 0.256 e. The first-order valence-corrected chi connectivity index (χ1v) is 8.79. The van der Waals surface area contributed by atoms with Crippen molar-refractivity contribution in [2.24, 2.45) is 5.92 Å². The Balaban J connectivity index is 1.61. The minimum absolute atomic E-state index is 0.0156. The van der Waals surface area contributed by atoms with E-state index in [1.165, 1.54) is 32.2 Å². The Morgan fingerprint density at radius 2 is 2.08 bits per heavy atom. The van der Waals surface area contributed by atoms with Crippen LogP contribution in [0.2, 0.25) is 0 Å². The van der Waals surface area contributed by atoms with Crippen molar-refractivity contribution in [2.45, 2.75) is 31.7 Å². The van der Waals surface area contributed by atoms with Crippen molar-refractivity contribution in [2.75, 3.05) is 32.2 Å². The number of fused-ring (bicyclic) bond motifs is 3. The van der Waals surface area contributed by atoms with Gasteiger partial charge in [0.2, 0.25) is 0 Å². The molecule has 0 bridgehead atoms. The fourth-order valence-corrected chi connectivity index (χ4v) is 4.27. The van der Waals surface area contributed by atoms with Crippen LogP contribution in [0.25, 0.3) is 11.0 Å². The molecule has 0 spiro atoms. The van der Waals surface area contributed by atoms with Gasteiger partial charge in [0.05, 0.1) is 17.9 Å². The van der Waals surface area contributed by atoms with Gasteiger partial charge >= 0.3 is 0 Å². The normalized spacial score (nSPS) is 24.3. The molecule has 0 unspecified atom stereocenters. The first-order valence-electron chi connectivity index (χ1n) is 8.79. The summed E-state index contributed by atoms with van der Waals surface area (Å²) in [4.78, 5) is 24.5. The van der Waals surface area contributed by atoms with E-state index < -0.39 is 0 Å². The number of anilines is 1. The SMILES string of the molecule is CN(C)CC1CCC(N2CNC(=O)c3cnc4[nH]ccc4c32)CC1. The van der Waals surface area contributed by atoms with Crippen molar-refractivity contribution >= 4 is 22.6 Å². The zero-order valence-corrected chi connectivity index (χ0v) is 14.4. The molecule has 1 amide bonds. The Morgan fingerprint density at radius 3 is 2.83 bits per heavy atom. The van der Waals surface area contributed by atoms with Crippen LogP contribution < -0.4 is 10.2 Å². The van der Waals surface area contributed by atoms with Crippen LogP contribution in [0.15, 0.2) is 18.5 Å². The number of carbonyl (C=O) groups is 1. The third-order valence-electron chi connectivity index (χ3n) is 5.38. The number of amides is 1. The van der Waals surface area contributed by atoms with E-state index in [0.717, 1.165) is 22.6 Å². The van der Waals surface area contributed by atoms with E-state index in [0.29, 0.717) is 18.3 Å². The van der Waals surface area contributed by atoms with Crippen LogP contribution in [0, 0.1) is 5.92 Å². The Morgan fingerprint density at radius 1 is 1.29 bits per heavy atom. The summed E-state index contributed by atoms with van der Waals surface area (Å²) in [6.45, 7) is 1.77. The van der Waals surface area contributed by atoms with Crippen LogP contribution in [-0.4, -0.2) is 54.1 Å². The van der Waals surface area contributed by atoms with Crippen molar-refractivity contribution in [1.29, 1.82) is 0 Å². The highest BCUT2D eigenvalue weighted by Crippen LogP contribution is 2.37. The fourth-order valence-electron chi connectivity index (χ4n) is 4.27. The molecule has 1 aliphatic carbocycles. The molecule has 24 heavy (non-hydrogen) atoms. The van der Waals surface area contributed by atoms with Gasteiger partial charge in [0.1, 0.15) is 5.65 Å². The summed E-state index contributed by atoms with van der Waals surface area (Å²) in [6, 6.07) is 2.52. The molecule has 6 nitrogen and oxygen atoms in total. The van der Waals surface area contributed by atoms with Crippen molar-refractivity contribution in [3.8, 4) is 0 Å². The van der Waals surface area contributed by atoms with Gasteiger partial charge < -0.3 is 20.1 Å². The molecule has 0 atom stereocenters. The largest absolute Gasteiger partial charge is 0.350 e. The molecular formula is C18H25N5O. The number of nitrogens with one attached hydrogen (secondary N) is 2. The van der Waals surface area contributed by atoms with E-state index >= 15 is 0 Å². The van der Waals surface area contributed by atoms with Gasteiger partial charge in [0, 0.05) is 30.4 Å². The van der Waals surface area contributed by atoms with Gasteiger partial charge in [-0.05, 0) is 51.8 Å². The number of aromatic nitrogens is 2. The average Bonchev–Trinajstić information content (AvgIpc) is 3.04. The summed E-state index contributed by atoms with van der Waals surface area (Å²) in [6.07, 6.45) is 8.47. The van der Waals surface area contributed by atoms with Gasteiger partial charge in [-0.15, -0.1) is 0 Å². The summed E-state index contributed by atoms with van der Waals surface area (Å²) < 4.78 is 0. The highest BCUT2D eigenvalue weighted by molar-refractivity contribution is 6.08. The van der Waals surface area contributed by atoms with Crippen molar-refractivity contribution in [3.63, 3.8) is 0 Å². The number of rotatable bonds is 3. The minimum Gasteiger partial charge on any atom is -0.350 e. The van der Waals surface area contributed by atoms with E-state index in [-0.39, 0.29) is 5.91 Å². The second-order valence-electron chi connectivity index (χ2n) is 7.33. The lowest BCUT2D eigenvalue weighted by Crippen LogP contribution is -2.50. The molecule has 2 aromatic heterocycles. The lowest BCUT2D eigenvalue weighted by Gasteiger charge is -2.41. The Labute approximate surface area is 142 Å². The number of carbonyl (C=O) groups excluding carboxylic acids is 1. The number of pyridine rings is 1. The second kappa shape index (κ2) is 6.09. The quantitative estimate of drug-likeness (QED) is 0.907. The maximum Gasteiger partial charge on any atom is 0.256 e. The van der Waals surface area contributed by atoms with Gasteiger partial charge in [-0.1, -0.05) is 0 Å². The van der Waals surface area contributed by atoms with Gasteiger partial charge in [-0.2, -0.15) is 0 Å². The Bertz CT molecular complexity index is 745. The van der Waals surface area contributed by atoms with Crippen molar-refractivity contribution in [1.82, 2.24) is 20.2 Å². The number of H-pyrrole nitrogens is 1. The van der Waals surface area contributed by atoms with E-state index in [2.05, 4.69) is 39.2 Å². The summed E-state index contributed by atoms with van der Waals surface area (Å²) in [5.74, 6) is 0.776. The van der Waals surface area contributed by atoms with Gasteiger partial charge in [-0.3, -0.25) is 4.79 Å². The van der Waals surface area contributed by atoms with Crippen LogP contribution in [0.1, 0.15) is 36.0 Å². The fraction of sp³-hybridized carbons (Fsp3) is 0.556. The van der Waals surface area contributed by atoms with E-state index in [4.69, 9.17) is 0 Å². The molecular weight excluding hydrogens is 302 g/mol. The molecule has 0 radical (unpaired) electrons. The van der Waals surface area contributed by atoms with Gasteiger partial charge in [0.25, 0.3) is 5.91 Å². The Hall–Kier alpha value is -2.08. The van der Waals surface area contributed by atoms with E-state index in [1.807, 2.05) is 12.3 Å². The lowest BCUT2D eigenvalue weighted by molar-refractivity contribution is 0.0944. The monoisotopic (exact) mass is 327 g/mol. The van der Waals surface area contributed by atoms with Crippen LogP contribution >= 0.6 is 0 Å². The summed E-state index contributed by atoms with van der Waals surface area (Å²) in [7, 11) is 4.30. The third kappa shape index (κ3) is 2.65. The molecule has 4 rings (SSSR count). The maximum atomic E-state index is 12.3. The Kier molecular flexibility index (Phi) is 3.92. The van der Waals surface area contributed by atoms with Crippen LogP contribution in [0.4, 0.5) is 5.69 Å². The molecule has 6 heteroatoms. The predicted molar refractivity (Wildman–Crippen MR) is 95.2 cm³/mol. The zero-order chi connectivity index (χ0) is 16.7. The van der Waals surface area contributed by atoms with Crippen LogP contribution in [0.3, 0.4) is 0 Å². The van der Waals surface area contributed by atoms with Crippen molar-refractivity contribution < 1.29 is 4.79 Å². The maximum absolute atomic E-state index is 12.3. The number of hydrogen-bond donors (Lipinski definition) is 2. The molecule has 1 aliphatic heterocycles. The molecule has 3 heterocycles. The average molecular weight is 327 g/mol. The third-order valence-corrected chi connectivity index (χ3v) is 5.38. The van der Waals surface area contributed by atoms with Crippen LogP contribution in [-0.2, 0) is 0 Å². The highest BCUT2D eigenvalue weighted by Gasteiger charge is 2.32. The molecule has 2 aromatic rings. The van der Waals surface area contributed by atoms with Crippen LogP contribution in [0.5, 0.6) is 0 Å². The topological polar surface area (TPSA) is 64.3 Å². The molecule has 2 aliphatic rings. The zero-order valence-electron chi connectivity index (χ0n) is 14.4. The van der Waals surface area contributed by atoms with Gasteiger partial charge in [-0.25, -0.2) is 4.98 Å². The molecule has 128 valence electrons. The number of aromatic amines is 1. The number of hydrogen-bond acceptors (Lipinski definition) is 4. The summed E-state index contributed by atoms with van der Waals surface area (Å²) in [5.41, 5.74) is 2.61. The standard InChI is InChI=1S/C18H25N5O/c1-22(2)10-12-3-5-13(6-4-12)23-11-21-18(24)15-9-20-17-14(16(15)23)7-8-19-17/h7-9,12-13H,3-6,10-11H2,1-2H3,(H,19,20)(H,21,24). The van der Waals surface area contributed by atoms with E-state index in [9.17, 15) is 4.79 Å². The highest BCUT2D eigenvalue weighted by atomic mass is 16.2. The molecule has 2 N–H and O–H groups in total. The van der Waals surface area contributed by atoms with Crippen molar-refractivity contribution in [3.05, 3.63) is 24.0 Å². The first-order chi connectivity index (χ1) is 11.6. The molecule has 1 fully saturated rings. The minimum atomic E-state index is -0.0156. The number of nitrogens with zero attached hydrogens (tertiary/aromatic N) is 3. The molecule has 0 saturated heterocycles. The lowest BCUT2D eigenvalue weighted by atomic mass is 9.84. The second-order valence-corrected chi connectivity index (χ2v) is 7.33. The molecule has 1 saturated carbocycles. The molecule has 0 aromatic carbocycles. The van der Waals surface area contributed by atoms with E-state index in [1.54, 1.807) is 6.20 Å². The summed E-state index contributed by atoms with van der Waals surface area (Å²) >= 11 is 0. The van der Waals surface area contributed by atoms with Gasteiger partial charge in [0.15, 0.2) is 0 Å².